The third-order valence-electron chi connectivity index (χ3n) is 3.50. The van der Waals surface area contributed by atoms with Crippen molar-refractivity contribution in [2.75, 3.05) is 18.9 Å². The summed E-state index contributed by atoms with van der Waals surface area (Å²) in [6.45, 7) is -0.578. The SMILES string of the molecule is C[C@@H](O)CCN(C)C(=O)Nc1ccc(-c2nccn2C(F)F)cc1. The molecular weight excluding hydrogens is 318 g/mol. The molecule has 2 aromatic rings. The number of hydrogen-bond acceptors (Lipinski definition) is 3. The number of benzene rings is 1. The number of anilines is 1. The first-order valence-corrected chi connectivity index (χ1v) is 7.50. The molecule has 1 aromatic heterocycles. The number of aliphatic hydroxyl groups excluding tert-OH is 1. The monoisotopic (exact) mass is 338 g/mol. The highest BCUT2D eigenvalue weighted by Gasteiger charge is 2.14. The summed E-state index contributed by atoms with van der Waals surface area (Å²) in [5.74, 6) is 0.164. The number of aromatic nitrogens is 2. The molecule has 2 amide bonds. The number of alkyl halides is 2. The molecule has 1 aromatic carbocycles. The van der Waals surface area contributed by atoms with Crippen LogP contribution in [0, 0.1) is 0 Å². The summed E-state index contributed by atoms with van der Waals surface area (Å²) in [6, 6.07) is 6.18. The molecular formula is C16H20F2N4O2. The maximum absolute atomic E-state index is 12.9. The molecule has 8 heteroatoms. The summed E-state index contributed by atoms with van der Waals surface area (Å²) in [5.41, 5.74) is 1.07. The number of aliphatic hydroxyl groups is 1. The summed E-state index contributed by atoms with van der Waals surface area (Å²) < 4.78 is 26.5. The van der Waals surface area contributed by atoms with E-state index in [0.29, 0.717) is 24.2 Å². The van der Waals surface area contributed by atoms with Gasteiger partial charge in [-0.15, -0.1) is 0 Å². The van der Waals surface area contributed by atoms with E-state index >= 15 is 0 Å². The van der Waals surface area contributed by atoms with Gasteiger partial charge in [0.1, 0.15) is 5.82 Å². The van der Waals surface area contributed by atoms with E-state index in [1.807, 2.05) is 0 Å². The Morgan fingerprint density at radius 1 is 1.38 bits per heavy atom. The van der Waals surface area contributed by atoms with Gasteiger partial charge in [-0.25, -0.2) is 9.78 Å². The first-order valence-electron chi connectivity index (χ1n) is 7.50. The van der Waals surface area contributed by atoms with Crippen molar-refractivity contribution in [1.82, 2.24) is 14.5 Å². The van der Waals surface area contributed by atoms with E-state index in [9.17, 15) is 18.7 Å². The molecule has 0 fully saturated rings. The maximum atomic E-state index is 12.9. The zero-order valence-electron chi connectivity index (χ0n) is 13.5. The molecule has 0 radical (unpaired) electrons. The van der Waals surface area contributed by atoms with Crippen molar-refractivity contribution in [3.63, 3.8) is 0 Å². The number of nitrogens with zero attached hydrogens (tertiary/aromatic N) is 3. The van der Waals surface area contributed by atoms with Crippen molar-refractivity contribution in [3.05, 3.63) is 36.7 Å². The van der Waals surface area contributed by atoms with Crippen LogP contribution in [0.3, 0.4) is 0 Å². The van der Waals surface area contributed by atoms with Crippen LogP contribution in [0.4, 0.5) is 19.3 Å². The van der Waals surface area contributed by atoms with Gasteiger partial charge in [0.15, 0.2) is 0 Å². The zero-order valence-corrected chi connectivity index (χ0v) is 13.5. The van der Waals surface area contributed by atoms with Gasteiger partial charge in [-0.1, -0.05) is 0 Å². The fourth-order valence-electron chi connectivity index (χ4n) is 2.10. The molecule has 1 heterocycles. The Labute approximate surface area is 138 Å². The van der Waals surface area contributed by atoms with E-state index in [-0.39, 0.29) is 11.9 Å². The van der Waals surface area contributed by atoms with Crippen molar-refractivity contribution >= 4 is 11.7 Å². The van der Waals surface area contributed by atoms with Crippen LogP contribution in [-0.2, 0) is 0 Å². The molecule has 24 heavy (non-hydrogen) atoms. The zero-order chi connectivity index (χ0) is 17.7. The lowest BCUT2D eigenvalue weighted by molar-refractivity contribution is 0.0720. The smallest absolute Gasteiger partial charge is 0.321 e. The Kier molecular flexibility index (Phi) is 5.86. The first-order chi connectivity index (χ1) is 11.4. The number of imidazole rings is 1. The van der Waals surface area contributed by atoms with Gasteiger partial charge in [0.05, 0.1) is 6.10 Å². The third-order valence-corrected chi connectivity index (χ3v) is 3.50. The van der Waals surface area contributed by atoms with Crippen molar-refractivity contribution in [3.8, 4) is 11.4 Å². The second kappa shape index (κ2) is 7.87. The number of hydrogen-bond donors (Lipinski definition) is 2. The second-order valence-corrected chi connectivity index (χ2v) is 5.50. The van der Waals surface area contributed by atoms with Crippen LogP contribution in [0.25, 0.3) is 11.4 Å². The van der Waals surface area contributed by atoms with E-state index in [0.717, 1.165) is 4.57 Å². The number of carbonyl (C=O) groups excluding carboxylic acids is 1. The van der Waals surface area contributed by atoms with Crippen LogP contribution in [0.15, 0.2) is 36.7 Å². The van der Waals surface area contributed by atoms with Crippen LogP contribution >= 0.6 is 0 Å². The first kappa shape index (κ1) is 17.9. The summed E-state index contributed by atoms with van der Waals surface area (Å²) in [5, 5.41) is 11.9. The van der Waals surface area contributed by atoms with Crippen LogP contribution in [0.1, 0.15) is 19.9 Å². The van der Waals surface area contributed by atoms with Gasteiger partial charge in [0.2, 0.25) is 0 Å². The van der Waals surface area contributed by atoms with Crippen LogP contribution in [-0.4, -0.2) is 45.3 Å². The highest BCUT2D eigenvalue weighted by molar-refractivity contribution is 5.89. The molecule has 0 unspecified atom stereocenters. The van der Waals surface area contributed by atoms with Gasteiger partial charge in [0.25, 0.3) is 0 Å². The molecule has 6 nitrogen and oxygen atoms in total. The molecule has 2 N–H and O–H groups in total. The molecule has 0 bridgehead atoms. The number of amides is 2. The van der Waals surface area contributed by atoms with Gasteiger partial charge in [0, 0.05) is 37.2 Å². The average molecular weight is 338 g/mol. The number of nitrogens with one attached hydrogen (secondary N) is 1. The molecule has 2 rings (SSSR count). The van der Waals surface area contributed by atoms with E-state index in [1.165, 1.54) is 17.3 Å². The van der Waals surface area contributed by atoms with Gasteiger partial charge in [-0.2, -0.15) is 8.78 Å². The number of rotatable bonds is 6. The summed E-state index contributed by atoms with van der Waals surface area (Å²) in [4.78, 5) is 17.4. The molecule has 0 aliphatic heterocycles. The van der Waals surface area contributed by atoms with Gasteiger partial charge >= 0.3 is 12.6 Å². The van der Waals surface area contributed by atoms with Crippen LogP contribution in [0.5, 0.6) is 0 Å². The summed E-state index contributed by atoms with van der Waals surface area (Å²) in [6.07, 6.45) is 2.54. The minimum Gasteiger partial charge on any atom is -0.393 e. The van der Waals surface area contributed by atoms with Crippen molar-refractivity contribution in [2.45, 2.75) is 26.0 Å². The summed E-state index contributed by atoms with van der Waals surface area (Å²) >= 11 is 0. The van der Waals surface area contributed by atoms with Crippen molar-refractivity contribution in [2.24, 2.45) is 0 Å². The Morgan fingerprint density at radius 3 is 2.62 bits per heavy atom. The van der Waals surface area contributed by atoms with Gasteiger partial charge < -0.3 is 15.3 Å². The number of carbonyl (C=O) groups is 1. The van der Waals surface area contributed by atoms with Gasteiger partial charge in [-0.3, -0.25) is 4.57 Å². The lowest BCUT2D eigenvalue weighted by atomic mass is 10.2. The second-order valence-electron chi connectivity index (χ2n) is 5.50. The quantitative estimate of drug-likeness (QED) is 0.850. The molecule has 0 saturated heterocycles. The third kappa shape index (κ3) is 4.51. The number of halogens is 2. The van der Waals surface area contributed by atoms with E-state index < -0.39 is 12.7 Å². The predicted octanol–water partition coefficient (Wildman–Crippen LogP) is 3.18. The minimum absolute atomic E-state index is 0.164. The maximum Gasteiger partial charge on any atom is 0.321 e. The molecule has 0 spiro atoms. The minimum atomic E-state index is -2.66. The standard InChI is InChI=1S/C16H20F2N4O2/c1-11(23)7-9-21(2)16(24)20-13-5-3-12(4-6-13)14-19-8-10-22(14)15(17)18/h3-6,8,10-11,15,23H,7,9H2,1-2H3,(H,20,24)/t11-/m1/s1. The van der Waals surface area contributed by atoms with E-state index in [2.05, 4.69) is 10.3 Å². The van der Waals surface area contributed by atoms with Crippen LogP contribution < -0.4 is 5.32 Å². The largest absolute Gasteiger partial charge is 0.393 e. The highest BCUT2D eigenvalue weighted by atomic mass is 19.3. The Hall–Kier alpha value is -2.48. The summed E-state index contributed by atoms with van der Waals surface area (Å²) in [7, 11) is 1.63. The lowest BCUT2D eigenvalue weighted by Crippen LogP contribution is -2.33. The average Bonchev–Trinajstić information content (AvgIpc) is 3.03. The van der Waals surface area contributed by atoms with Crippen molar-refractivity contribution < 1.29 is 18.7 Å². The molecule has 0 aliphatic rings. The van der Waals surface area contributed by atoms with Crippen molar-refractivity contribution in [1.29, 1.82) is 0 Å². The van der Waals surface area contributed by atoms with Crippen LogP contribution in [0.2, 0.25) is 0 Å². The molecule has 0 saturated carbocycles. The van der Waals surface area contributed by atoms with Gasteiger partial charge in [-0.05, 0) is 37.6 Å². The fraction of sp³-hybridized carbons (Fsp3) is 0.375. The number of urea groups is 1. The normalized spacial score (nSPS) is 12.2. The van der Waals surface area contributed by atoms with E-state index in [1.54, 1.807) is 38.2 Å². The Balaban J connectivity index is 2.02. The molecule has 0 aliphatic carbocycles. The lowest BCUT2D eigenvalue weighted by Gasteiger charge is -2.18. The van der Waals surface area contributed by atoms with E-state index in [4.69, 9.17) is 0 Å². The Morgan fingerprint density at radius 2 is 2.04 bits per heavy atom. The molecule has 1 atom stereocenters. The fourth-order valence-corrected chi connectivity index (χ4v) is 2.10. The molecule has 130 valence electrons. The highest BCUT2D eigenvalue weighted by Crippen LogP contribution is 2.24. The predicted molar refractivity (Wildman–Crippen MR) is 86.9 cm³/mol. The Bertz CT molecular complexity index is 671. The topological polar surface area (TPSA) is 70.4 Å².